The first-order valence-corrected chi connectivity index (χ1v) is 11.6. The van der Waals surface area contributed by atoms with E-state index in [0.29, 0.717) is 30.9 Å². The van der Waals surface area contributed by atoms with Crippen LogP contribution in [0.25, 0.3) is 28.2 Å². The lowest BCUT2D eigenvalue weighted by Crippen LogP contribution is -2.47. The Morgan fingerprint density at radius 2 is 1.60 bits per heavy atom. The Labute approximate surface area is 203 Å². The second-order valence-electron chi connectivity index (χ2n) is 8.62. The topological polar surface area (TPSA) is 74.5 Å². The van der Waals surface area contributed by atoms with Crippen LogP contribution in [0.1, 0.15) is 5.56 Å². The molecule has 4 aromatic rings. The van der Waals surface area contributed by atoms with Crippen LogP contribution < -0.4 is 0 Å². The molecule has 2 aromatic heterocycles. The van der Waals surface area contributed by atoms with Crippen molar-refractivity contribution < 1.29 is 14.3 Å². The zero-order chi connectivity index (χ0) is 24.2. The number of nitrogens with zero attached hydrogens (tertiary/aromatic N) is 5. The molecule has 1 fully saturated rings. The third-order valence-corrected chi connectivity index (χ3v) is 6.25. The third kappa shape index (κ3) is 5.13. The van der Waals surface area contributed by atoms with Gasteiger partial charge in [-0.05, 0) is 24.3 Å². The Morgan fingerprint density at radius 3 is 2.29 bits per heavy atom. The Morgan fingerprint density at radius 1 is 0.886 bits per heavy atom. The van der Waals surface area contributed by atoms with Crippen LogP contribution in [0.2, 0.25) is 0 Å². The van der Waals surface area contributed by atoms with Gasteiger partial charge in [0, 0.05) is 49.4 Å². The number of rotatable bonds is 7. The van der Waals surface area contributed by atoms with Gasteiger partial charge in [0.15, 0.2) is 0 Å². The lowest BCUT2D eigenvalue weighted by Gasteiger charge is -2.33. The molecule has 3 heterocycles. The monoisotopic (exact) mass is 471 g/mol. The summed E-state index contributed by atoms with van der Waals surface area (Å²) in [6.07, 6.45) is 3.55. The zero-order valence-corrected chi connectivity index (χ0v) is 19.2. The number of hydrogen-bond donors (Lipinski definition) is 1. The maximum atomic E-state index is 14.9. The number of hydrogen-bond acceptors (Lipinski definition) is 5. The van der Waals surface area contributed by atoms with E-state index in [4.69, 9.17) is 5.11 Å². The second-order valence-corrected chi connectivity index (χ2v) is 8.62. The molecule has 0 saturated carbocycles. The summed E-state index contributed by atoms with van der Waals surface area (Å²) >= 11 is 0. The standard InChI is InChI=1S/C27H26FN5O2/c28-24-9-5-4-8-23(24)27-21(18-31-12-14-32(15-13-31)19-26(34)35)16-30-33(27)22-10-11-25(29-17-22)20-6-2-1-3-7-20/h1-11,16-17H,12-15,18-19H2,(H,34,35). The summed E-state index contributed by atoms with van der Waals surface area (Å²) in [4.78, 5) is 19.8. The number of benzene rings is 2. The quantitative estimate of drug-likeness (QED) is 0.440. The first-order valence-electron chi connectivity index (χ1n) is 11.6. The molecule has 0 amide bonds. The van der Waals surface area contributed by atoms with E-state index >= 15 is 0 Å². The second kappa shape index (κ2) is 10.2. The molecule has 0 aliphatic carbocycles. The molecule has 1 N–H and O–H groups in total. The normalized spacial score (nSPS) is 14.8. The number of halogens is 1. The molecular weight excluding hydrogens is 445 g/mol. The number of carbonyl (C=O) groups is 1. The number of carboxylic acid groups (broad SMARTS) is 1. The molecule has 1 aliphatic heterocycles. The van der Waals surface area contributed by atoms with E-state index in [0.717, 1.165) is 35.6 Å². The molecule has 7 nitrogen and oxygen atoms in total. The van der Waals surface area contributed by atoms with Crippen LogP contribution >= 0.6 is 0 Å². The Hall–Kier alpha value is -3.88. The Bertz CT molecular complexity index is 1300. The van der Waals surface area contributed by atoms with E-state index in [1.165, 1.54) is 6.07 Å². The molecule has 0 unspecified atom stereocenters. The first kappa shape index (κ1) is 22.9. The average Bonchev–Trinajstić information content (AvgIpc) is 3.29. The molecular formula is C27H26FN5O2. The van der Waals surface area contributed by atoms with Gasteiger partial charge in [-0.15, -0.1) is 0 Å². The maximum absolute atomic E-state index is 14.9. The number of piperazine rings is 1. The first-order chi connectivity index (χ1) is 17.1. The maximum Gasteiger partial charge on any atom is 0.317 e. The zero-order valence-electron chi connectivity index (χ0n) is 19.2. The van der Waals surface area contributed by atoms with Crippen LogP contribution in [0.15, 0.2) is 79.1 Å². The lowest BCUT2D eigenvalue weighted by atomic mass is 10.1. The molecule has 0 spiro atoms. The van der Waals surface area contributed by atoms with Crippen molar-refractivity contribution in [2.24, 2.45) is 0 Å². The molecule has 0 bridgehead atoms. The van der Waals surface area contributed by atoms with Crippen LogP contribution in [0.4, 0.5) is 4.39 Å². The van der Waals surface area contributed by atoms with Crippen molar-refractivity contribution in [2.75, 3.05) is 32.7 Å². The Balaban J connectivity index is 1.44. The Kier molecular flexibility index (Phi) is 6.65. The van der Waals surface area contributed by atoms with Crippen molar-refractivity contribution in [2.45, 2.75) is 6.54 Å². The van der Waals surface area contributed by atoms with Gasteiger partial charge in [0.2, 0.25) is 0 Å². The summed E-state index contributed by atoms with van der Waals surface area (Å²) in [5.74, 6) is -1.12. The highest BCUT2D eigenvalue weighted by Gasteiger charge is 2.23. The van der Waals surface area contributed by atoms with Crippen LogP contribution in [0.3, 0.4) is 0 Å². The fourth-order valence-electron chi connectivity index (χ4n) is 4.46. The van der Waals surface area contributed by atoms with E-state index in [1.807, 2.05) is 53.4 Å². The van der Waals surface area contributed by atoms with Crippen LogP contribution in [-0.2, 0) is 11.3 Å². The van der Waals surface area contributed by atoms with E-state index in [2.05, 4.69) is 15.0 Å². The summed E-state index contributed by atoms with van der Waals surface area (Å²) < 4.78 is 16.7. The van der Waals surface area contributed by atoms with Crippen LogP contribution in [0, 0.1) is 5.82 Å². The third-order valence-electron chi connectivity index (χ3n) is 6.25. The van der Waals surface area contributed by atoms with Gasteiger partial charge in [0.25, 0.3) is 0 Å². The summed E-state index contributed by atoms with van der Waals surface area (Å²) in [5, 5.41) is 13.7. The minimum Gasteiger partial charge on any atom is -0.480 e. The molecule has 8 heteroatoms. The highest BCUT2D eigenvalue weighted by molar-refractivity contribution is 5.69. The minimum absolute atomic E-state index is 0.0538. The molecule has 35 heavy (non-hydrogen) atoms. The van der Waals surface area contributed by atoms with Gasteiger partial charge >= 0.3 is 5.97 Å². The van der Waals surface area contributed by atoms with Gasteiger partial charge in [-0.1, -0.05) is 42.5 Å². The summed E-state index contributed by atoms with van der Waals surface area (Å²) in [5.41, 5.74) is 4.72. The van der Waals surface area contributed by atoms with E-state index in [-0.39, 0.29) is 12.4 Å². The molecule has 1 aliphatic rings. The van der Waals surface area contributed by atoms with Crippen molar-refractivity contribution in [1.29, 1.82) is 0 Å². The van der Waals surface area contributed by atoms with Gasteiger partial charge in [-0.2, -0.15) is 5.10 Å². The predicted molar refractivity (Wildman–Crippen MR) is 132 cm³/mol. The van der Waals surface area contributed by atoms with E-state index < -0.39 is 5.97 Å². The number of carboxylic acids is 1. The smallest absolute Gasteiger partial charge is 0.317 e. The van der Waals surface area contributed by atoms with Gasteiger partial charge in [-0.3, -0.25) is 19.6 Å². The molecule has 5 rings (SSSR count). The summed E-state index contributed by atoms with van der Waals surface area (Å²) in [7, 11) is 0. The van der Waals surface area contributed by atoms with Gasteiger partial charge in [0.05, 0.1) is 36.0 Å². The van der Waals surface area contributed by atoms with Gasteiger partial charge < -0.3 is 5.11 Å². The number of aromatic nitrogens is 3. The number of pyridine rings is 1. The van der Waals surface area contributed by atoms with Crippen molar-refractivity contribution in [3.05, 3.63) is 90.5 Å². The predicted octanol–water partition coefficient (Wildman–Crippen LogP) is 3.94. The minimum atomic E-state index is -0.812. The van der Waals surface area contributed by atoms with Crippen molar-refractivity contribution in [3.8, 4) is 28.2 Å². The fourth-order valence-corrected chi connectivity index (χ4v) is 4.46. The van der Waals surface area contributed by atoms with Crippen LogP contribution in [-0.4, -0.2) is 68.4 Å². The van der Waals surface area contributed by atoms with E-state index in [9.17, 15) is 9.18 Å². The largest absolute Gasteiger partial charge is 0.480 e. The van der Waals surface area contributed by atoms with E-state index in [1.54, 1.807) is 29.2 Å². The molecule has 178 valence electrons. The highest BCUT2D eigenvalue weighted by atomic mass is 19.1. The molecule has 1 saturated heterocycles. The summed E-state index contributed by atoms with van der Waals surface area (Å²) in [6.45, 7) is 3.49. The van der Waals surface area contributed by atoms with Gasteiger partial charge in [0.1, 0.15) is 5.82 Å². The average molecular weight is 472 g/mol. The fraction of sp³-hybridized carbons (Fsp3) is 0.222. The lowest BCUT2D eigenvalue weighted by molar-refractivity contribution is -0.138. The molecule has 0 atom stereocenters. The van der Waals surface area contributed by atoms with Crippen LogP contribution in [0.5, 0.6) is 0 Å². The molecule has 0 radical (unpaired) electrons. The highest BCUT2D eigenvalue weighted by Crippen LogP contribution is 2.30. The molecule has 2 aromatic carbocycles. The summed E-state index contributed by atoms with van der Waals surface area (Å²) in [6, 6.07) is 20.5. The van der Waals surface area contributed by atoms with Gasteiger partial charge in [-0.25, -0.2) is 9.07 Å². The SMILES string of the molecule is O=C(O)CN1CCN(Cc2cnn(-c3ccc(-c4ccccc4)nc3)c2-c2ccccc2F)CC1. The van der Waals surface area contributed by atoms with Crippen molar-refractivity contribution in [3.63, 3.8) is 0 Å². The number of aliphatic carboxylic acids is 1. The van der Waals surface area contributed by atoms with Crippen molar-refractivity contribution in [1.82, 2.24) is 24.6 Å². The van der Waals surface area contributed by atoms with Crippen molar-refractivity contribution >= 4 is 5.97 Å².